The Morgan fingerprint density at radius 1 is 0.800 bits per heavy atom. The third kappa shape index (κ3) is 302. The molecule has 60 valence electrons. The summed E-state index contributed by atoms with van der Waals surface area (Å²) < 4.78 is 48.9. The van der Waals surface area contributed by atoms with E-state index in [0.717, 1.165) is 0 Å². The first-order valence-corrected chi connectivity index (χ1v) is 4.66. The minimum absolute atomic E-state index is 0. The van der Waals surface area contributed by atoms with E-state index < -0.39 is 30.8 Å². The van der Waals surface area contributed by atoms with Crippen LogP contribution in [-0.2, 0) is 45.5 Å². The van der Waals surface area contributed by atoms with E-state index in [1.165, 1.54) is 0 Å². The quantitative estimate of drug-likeness (QED) is 0.413. The number of hydrogen-bond acceptors (Lipinski definition) is 5. The van der Waals surface area contributed by atoms with Gasteiger partial charge in [0, 0.05) is 0 Å². The van der Waals surface area contributed by atoms with Crippen LogP contribution in [0.15, 0.2) is 0 Å². The van der Waals surface area contributed by atoms with E-state index in [1.807, 2.05) is 0 Å². The van der Waals surface area contributed by atoms with Gasteiger partial charge in [-0.2, -0.15) is 0 Å². The summed E-state index contributed by atoms with van der Waals surface area (Å²) in [5.41, 5.74) is 0. The fourth-order valence-corrected chi connectivity index (χ4v) is 0. The van der Waals surface area contributed by atoms with Crippen LogP contribution in [0.5, 0.6) is 0 Å². The Balaban J connectivity index is -0.0000000300. The normalized spacial score (nSPS) is 5.00. The zero-order valence-corrected chi connectivity index (χ0v) is 6.92. The van der Waals surface area contributed by atoms with Gasteiger partial charge in [0.05, 0.1) is 0 Å². The van der Waals surface area contributed by atoms with Gasteiger partial charge in [-0.05, 0) is 0 Å². The second-order valence-corrected chi connectivity index (χ2v) is 1.96. The number of hydrogen-bond donors (Lipinski definition) is 3. The molecule has 0 fully saturated rings. The van der Waals surface area contributed by atoms with Crippen LogP contribution < -0.4 is 6.15 Å². The van der Waals surface area contributed by atoms with Crippen molar-refractivity contribution in [2.45, 2.75) is 0 Å². The van der Waals surface area contributed by atoms with Gasteiger partial charge < -0.3 is 6.15 Å². The van der Waals surface area contributed by atoms with E-state index in [1.54, 1.807) is 0 Å². The monoisotopic (exact) mass is 259 g/mol. The molecule has 0 aromatic carbocycles. The van der Waals surface area contributed by atoms with Gasteiger partial charge in [-0.1, -0.05) is 0 Å². The third-order valence-electron chi connectivity index (χ3n) is 0. The van der Waals surface area contributed by atoms with E-state index in [0.29, 0.717) is 0 Å². The first-order valence-electron chi connectivity index (χ1n) is 1.13. The maximum atomic E-state index is 8.67. The molecule has 0 aliphatic rings. The van der Waals surface area contributed by atoms with Crippen molar-refractivity contribution in [3.63, 3.8) is 0 Å². The van der Waals surface area contributed by atoms with Crippen molar-refractivity contribution in [3.8, 4) is 0 Å². The molecule has 10 heteroatoms. The first-order chi connectivity index (χ1) is 3.46. The molecule has 5 N–H and O–H groups in total. The molecule has 0 radical (unpaired) electrons. The molecule has 0 aliphatic heterocycles. The molecule has 0 aliphatic carbocycles. The molecule has 0 atom stereocenters. The van der Waals surface area contributed by atoms with Crippen LogP contribution in [0.4, 0.5) is 0 Å². The second kappa shape index (κ2) is 16.9. The summed E-state index contributed by atoms with van der Waals surface area (Å²) in [6, 6.07) is 0. The summed E-state index contributed by atoms with van der Waals surface area (Å²) in [7, 11) is 0. The van der Waals surface area contributed by atoms with Gasteiger partial charge in [0.2, 0.25) is 0 Å². The predicted molar refractivity (Wildman–Crippen MR) is 20.7 cm³/mol. The van der Waals surface area contributed by atoms with Crippen molar-refractivity contribution in [1.82, 2.24) is 6.15 Å². The Hall–Kier alpha value is 1.51. The van der Waals surface area contributed by atoms with E-state index in [9.17, 15) is 0 Å². The summed E-state index contributed by atoms with van der Waals surface area (Å²) in [4.78, 5) is 0. The summed E-state index contributed by atoms with van der Waals surface area (Å²) in [5, 5.41) is 0. The summed E-state index contributed by atoms with van der Waals surface area (Å²) in [6.07, 6.45) is 0. The molecule has 7 nitrogen and oxygen atoms in total. The van der Waals surface area contributed by atoms with Crippen molar-refractivity contribution >= 4 is 37.7 Å². The van der Waals surface area contributed by atoms with Crippen LogP contribution in [0.25, 0.3) is 0 Å². The molecule has 0 rings (SSSR count). The average Bonchev–Trinajstić information content (AvgIpc) is 1.25. The molecule has 0 saturated carbocycles. The van der Waals surface area contributed by atoms with E-state index in [4.69, 9.17) is 22.8 Å². The topological polar surface area (TPSA) is 144 Å². The molecule has 0 bridgehead atoms. The molecule has 0 heterocycles. The van der Waals surface area contributed by atoms with Crippen LogP contribution in [-0.4, -0.2) is 45.8 Å². The van der Waals surface area contributed by atoms with Crippen LogP contribution in [0.2, 0.25) is 0 Å². The van der Waals surface area contributed by atoms with E-state index >= 15 is 0 Å². The molecule has 0 aromatic rings. The van der Waals surface area contributed by atoms with Crippen molar-refractivity contribution in [1.29, 1.82) is 0 Å². The van der Waals surface area contributed by atoms with Crippen molar-refractivity contribution in [3.05, 3.63) is 0 Å². The van der Waals surface area contributed by atoms with Gasteiger partial charge in [0.15, 0.2) is 0 Å². The van der Waals surface area contributed by atoms with Gasteiger partial charge in [0.25, 0.3) is 0 Å². The van der Waals surface area contributed by atoms with Crippen LogP contribution in [0.1, 0.15) is 0 Å². The Bertz CT molecular complexity index is 133. The van der Waals surface area contributed by atoms with Crippen LogP contribution in [0.3, 0.4) is 0 Å². The Morgan fingerprint density at radius 2 is 0.800 bits per heavy atom. The predicted octanol–water partition coefficient (Wildman–Crippen LogP) is -2.35. The number of rotatable bonds is 0. The summed E-state index contributed by atoms with van der Waals surface area (Å²) in [6.45, 7) is 0. The molecule has 0 unspecified atom stereocenters. The average molecular weight is 259 g/mol. The summed E-state index contributed by atoms with van der Waals surface area (Å²) in [5.74, 6) is 0. The Morgan fingerprint density at radius 3 is 0.800 bits per heavy atom. The van der Waals surface area contributed by atoms with Gasteiger partial charge in [-0.3, -0.25) is 0 Å². The maximum absolute atomic E-state index is 8.67. The first kappa shape index (κ1) is 22.5. The zero-order valence-electron chi connectivity index (χ0n) is 4.13. The second-order valence-electron chi connectivity index (χ2n) is 0.476. The Labute approximate surface area is 96.1 Å². The van der Waals surface area contributed by atoms with E-state index in [-0.39, 0.29) is 43.9 Å². The van der Waals surface area contributed by atoms with Crippen LogP contribution in [0, 0.1) is 0 Å². The third-order valence-corrected chi connectivity index (χ3v) is 0. The van der Waals surface area contributed by atoms with Gasteiger partial charge >= 0.3 is 91.3 Å². The van der Waals surface area contributed by atoms with Gasteiger partial charge in [-0.25, -0.2) is 0 Å². The minimum atomic E-state index is -3.69. The fourth-order valence-electron chi connectivity index (χ4n) is 0. The SMILES string of the molecule is N.[CaH2].[O]=[V](=[O])[OH].[O]=[V](=[O])[OH]. The van der Waals surface area contributed by atoms with Gasteiger partial charge in [0.1, 0.15) is 0 Å². The zero-order chi connectivity index (χ0) is 7.15. The van der Waals surface area contributed by atoms with Crippen LogP contribution >= 0.6 is 0 Å². The summed E-state index contributed by atoms with van der Waals surface area (Å²) >= 11 is -7.38. The molecule has 0 saturated heterocycles. The fraction of sp³-hybridized carbons (Fsp3) is 0. The molecular weight excluding hydrogens is 252 g/mol. The molecule has 0 aromatic heterocycles. The molecule has 0 spiro atoms. The van der Waals surface area contributed by atoms with Crippen molar-refractivity contribution in [2.75, 3.05) is 0 Å². The van der Waals surface area contributed by atoms with Crippen molar-refractivity contribution < 1.29 is 53.6 Å². The van der Waals surface area contributed by atoms with Crippen molar-refractivity contribution in [2.24, 2.45) is 0 Å². The Kier molecular flexibility index (Phi) is 38.0. The molecule has 10 heavy (non-hydrogen) atoms. The molecule has 0 amide bonds. The standard InChI is InChI=1S/Ca.H3N.2H2O.4O.2V.2H/h;1H3;2*1H2;;;;;;;;/q;;;;;;;;2*+1;;/p-2. The van der Waals surface area contributed by atoms with E-state index in [2.05, 4.69) is 0 Å². The van der Waals surface area contributed by atoms with Gasteiger partial charge in [-0.15, -0.1) is 0 Å². The molecular formula is H7CaNO6V2.